The summed E-state index contributed by atoms with van der Waals surface area (Å²) in [6.07, 6.45) is 0. The Bertz CT molecular complexity index is 1290. The molecule has 0 bridgehead atoms. The first-order valence-electron chi connectivity index (χ1n) is 9.09. The average molecular weight is 420 g/mol. The second-order valence-electron chi connectivity index (χ2n) is 6.48. The van der Waals surface area contributed by atoms with Gasteiger partial charge >= 0.3 is 5.97 Å². The van der Waals surface area contributed by atoms with Crippen molar-refractivity contribution in [3.05, 3.63) is 93.8 Å². The molecule has 0 aliphatic heterocycles. The van der Waals surface area contributed by atoms with Crippen molar-refractivity contribution in [1.82, 2.24) is 0 Å². The van der Waals surface area contributed by atoms with Crippen LogP contribution in [0, 0.1) is 0 Å². The number of carboxylic acids is 1. The largest absolute Gasteiger partial charge is 0.481 e. The Morgan fingerprint density at radius 2 is 1.63 bits per heavy atom. The molecule has 2 heterocycles. The number of rotatable bonds is 7. The summed E-state index contributed by atoms with van der Waals surface area (Å²) < 4.78 is 11.7. The molecule has 6 nitrogen and oxygen atoms in total. The van der Waals surface area contributed by atoms with Gasteiger partial charge in [0.15, 0.2) is 11.5 Å². The lowest BCUT2D eigenvalue weighted by molar-refractivity contribution is -0.133. The fraction of sp³-hybridized carbons (Fsp3) is 0.0870. The molecule has 2 aromatic heterocycles. The second kappa shape index (κ2) is 8.42. The van der Waals surface area contributed by atoms with E-state index in [2.05, 4.69) is 0 Å². The molecule has 4 rings (SSSR count). The predicted octanol–water partition coefficient (Wildman–Crippen LogP) is 4.60. The van der Waals surface area contributed by atoms with Crippen LogP contribution in [0.4, 0.5) is 0 Å². The number of benzene rings is 2. The molecule has 0 fully saturated rings. The third kappa shape index (κ3) is 3.92. The SMILES string of the molecule is O=C(O)CSCc1ccc(-c2oc3ccccc3c(=O)c2C(=O)c2ccccc2)o1. The van der Waals surface area contributed by atoms with Gasteiger partial charge in [0.25, 0.3) is 0 Å². The van der Waals surface area contributed by atoms with Gasteiger partial charge in [-0.05, 0) is 24.3 Å². The van der Waals surface area contributed by atoms with Crippen LogP contribution in [-0.4, -0.2) is 22.6 Å². The van der Waals surface area contributed by atoms with E-state index in [1.807, 2.05) is 0 Å². The maximum atomic E-state index is 13.2. The number of hydrogen-bond acceptors (Lipinski definition) is 6. The summed E-state index contributed by atoms with van der Waals surface area (Å²) in [6.45, 7) is 0. The number of aliphatic carboxylic acids is 1. The van der Waals surface area contributed by atoms with Crippen molar-refractivity contribution < 1.29 is 23.5 Å². The van der Waals surface area contributed by atoms with Crippen LogP contribution in [0.1, 0.15) is 21.7 Å². The normalized spacial score (nSPS) is 10.9. The fourth-order valence-corrected chi connectivity index (χ4v) is 3.71. The number of thioether (sulfide) groups is 1. The molecule has 0 saturated carbocycles. The summed E-state index contributed by atoms with van der Waals surface area (Å²) in [5, 5.41) is 9.08. The summed E-state index contributed by atoms with van der Waals surface area (Å²) in [7, 11) is 0. The lowest BCUT2D eigenvalue weighted by Gasteiger charge is -2.08. The Morgan fingerprint density at radius 3 is 2.40 bits per heavy atom. The highest BCUT2D eigenvalue weighted by Crippen LogP contribution is 2.30. The minimum absolute atomic E-state index is 0.0567. The van der Waals surface area contributed by atoms with Crippen LogP contribution in [0.25, 0.3) is 22.5 Å². The molecule has 0 amide bonds. The molecule has 1 N–H and O–H groups in total. The fourth-order valence-electron chi connectivity index (χ4n) is 3.07. The van der Waals surface area contributed by atoms with Gasteiger partial charge in [-0.2, -0.15) is 0 Å². The van der Waals surface area contributed by atoms with Crippen molar-refractivity contribution >= 4 is 34.5 Å². The quantitative estimate of drug-likeness (QED) is 0.436. The Balaban J connectivity index is 1.83. The van der Waals surface area contributed by atoms with E-state index >= 15 is 0 Å². The lowest BCUT2D eigenvalue weighted by atomic mass is 9.99. The first kappa shape index (κ1) is 19.7. The average Bonchev–Trinajstić information content (AvgIpc) is 3.22. The highest BCUT2D eigenvalue weighted by Gasteiger charge is 2.25. The van der Waals surface area contributed by atoms with Gasteiger partial charge in [0.05, 0.1) is 16.9 Å². The van der Waals surface area contributed by atoms with Crippen molar-refractivity contribution in [3.8, 4) is 11.5 Å². The summed E-state index contributed by atoms with van der Waals surface area (Å²) in [4.78, 5) is 37.1. The molecule has 4 aromatic rings. The Morgan fingerprint density at radius 1 is 0.900 bits per heavy atom. The van der Waals surface area contributed by atoms with E-state index < -0.39 is 17.2 Å². The minimum Gasteiger partial charge on any atom is -0.481 e. The molecule has 2 aromatic carbocycles. The number of carbonyl (C=O) groups excluding carboxylic acids is 1. The number of para-hydroxylation sites is 1. The second-order valence-corrected chi connectivity index (χ2v) is 7.46. The number of furan rings is 1. The molecule has 0 atom stereocenters. The van der Waals surface area contributed by atoms with Crippen LogP contribution in [0.2, 0.25) is 0 Å². The van der Waals surface area contributed by atoms with Crippen LogP contribution in [-0.2, 0) is 10.5 Å². The maximum absolute atomic E-state index is 13.2. The van der Waals surface area contributed by atoms with E-state index in [-0.39, 0.29) is 22.8 Å². The van der Waals surface area contributed by atoms with Gasteiger partial charge in [-0.25, -0.2) is 0 Å². The molecular weight excluding hydrogens is 404 g/mol. The molecule has 30 heavy (non-hydrogen) atoms. The molecule has 0 spiro atoms. The first-order valence-corrected chi connectivity index (χ1v) is 10.2. The monoisotopic (exact) mass is 420 g/mol. The van der Waals surface area contributed by atoms with Crippen molar-refractivity contribution in [1.29, 1.82) is 0 Å². The van der Waals surface area contributed by atoms with Gasteiger partial charge in [-0.3, -0.25) is 14.4 Å². The Hall–Kier alpha value is -3.58. The molecule has 0 radical (unpaired) electrons. The van der Waals surface area contributed by atoms with Crippen LogP contribution in [0.3, 0.4) is 0 Å². The summed E-state index contributed by atoms with van der Waals surface area (Å²) >= 11 is 1.18. The van der Waals surface area contributed by atoms with E-state index in [1.54, 1.807) is 66.7 Å². The smallest absolute Gasteiger partial charge is 0.313 e. The zero-order valence-corrected chi connectivity index (χ0v) is 16.5. The van der Waals surface area contributed by atoms with Crippen LogP contribution < -0.4 is 5.43 Å². The van der Waals surface area contributed by atoms with Gasteiger partial charge in [0, 0.05) is 5.56 Å². The molecule has 0 aliphatic rings. The highest BCUT2D eigenvalue weighted by molar-refractivity contribution is 7.99. The standard InChI is InChI=1S/C23H16O6S/c24-19(25)13-30-12-15-10-11-18(28-15)23-20(21(26)14-6-2-1-3-7-14)22(27)16-8-4-5-9-17(16)29-23/h1-11H,12-13H2,(H,24,25). The van der Waals surface area contributed by atoms with Gasteiger partial charge in [0.1, 0.15) is 16.9 Å². The molecule has 0 saturated heterocycles. The van der Waals surface area contributed by atoms with Crippen LogP contribution >= 0.6 is 11.8 Å². The van der Waals surface area contributed by atoms with Crippen molar-refractivity contribution in [3.63, 3.8) is 0 Å². The number of ketones is 1. The number of carbonyl (C=O) groups is 2. The number of fused-ring (bicyclic) bond motifs is 1. The van der Waals surface area contributed by atoms with E-state index in [0.29, 0.717) is 28.0 Å². The Labute approximate surface area is 175 Å². The zero-order valence-electron chi connectivity index (χ0n) is 15.7. The van der Waals surface area contributed by atoms with Crippen molar-refractivity contribution in [2.45, 2.75) is 5.75 Å². The zero-order chi connectivity index (χ0) is 21.1. The summed E-state index contributed by atoms with van der Waals surface area (Å²) in [5.41, 5.74) is 0.184. The predicted molar refractivity (Wildman–Crippen MR) is 114 cm³/mol. The van der Waals surface area contributed by atoms with Crippen molar-refractivity contribution in [2.24, 2.45) is 0 Å². The highest BCUT2D eigenvalue weighted by atomic mass is 32.2. The topological polar surface area (TPSA) is 97.7 Å². The number of carboxylic acid groups (broad SMARTS) is 1. The molecule has 0 unspecified atom stereocenters. The summed E-state index contributed by atoms with van der Waals surface area (Å²) in [6, 6.07) is 18.5. The van der Waals surface area contributed by atoms with E-state index in [1.165, 1.54) is 11.8 Å². The lowest BCUT2D eigenvalue weighted by Crippen LogP contribution is -2.17. The van der Waals surface area contributed by atoms with Gasteiger partial charge < -0.3 is 13.9 Å². The molecule has 7 heteroatoms. The van der Waals surface area contributed by atoms with Gasteiger partial charge in [-0.15, -0.1) is 11.8 Å². The first-order chi connectivity index (χ1) is 14.5. The van der Waals surface area contributed by atoms with Crippen LogP contribution in [0.5, 0.6) is 0 Å². The molecule has 0 aliphatic carbocycles. The van der Waals surface area contributed by atoms with Crippen LogP contribution in [0.15, 0.2) is 80.4 Å². The third-order valence-electron chi connectivity index (χ3n) is 4.42. The molecule has 150 valence electrons. The summed E-state index contributed by atoms with van der Waals surface area (Å²) in [5.74, 6) is -0.271. The van der Waals surface area contributed by atoms with E-state index in [0.717, 1.165) is 0 Å². The molecular formula is C23H16O6S. The van der Waals surface area contributed by atoms with Crippen molar-refractivity contribution in [2.75, 3.05) is 5.75 Å². The van der Waals surface area contributed by atoms with Gasteiger partial charge in [0.2, 0.25) is 11.2 Å². The van der Waals surface area contributed by atoms with E-state index in [4.69, 9.17) is 13.9 Å². The van der Waals surface area contributed by atoms with Gasteiger partial charge in [-0.1, -0.05) is 42.5 Å². The maximum Gasteiger partial charge on any atom is 0.313 e. The minimum atomic E-state index is -0.914. The van der Waals surface area contributed by atoms with E-state index in [9.17, 15) is 14.4 Å². The third-order valence-corrected chi connectivity index (χ3v) is 5.36. The number of hydrogen-bond donors (Lipinski definition) is 1. The Kier molecular flexibility index (Phi) is 5.54.